The first-order chi connectivity index (χ1) is 9.68. The van der Waals surface area contributed by atoms with Gasteiger partial charge in [0.25, 0.3) is 0 Å². The van der Waals surface area contributed by atoms with Crippen molar-refractivity contribution in [1.29, 1.82) is 0 Å². The Labute approximate surface area is 119 Å². The van der Waals surface area contributed by atoms with Crippen molar-refractivity contribution in [3.63, 3.8) is 0 Å². The number of rotatable bonds is 2. The molecule has 2 aliphatic carbocycles. The second-order valence-corrected chi connectivity index (χ2v) is 6.43. The molecule has 3 rings (SSSR count). The minimum Gasteiger partial charge on any atom is -0.481 e. The second-order valence-electron chi connectivity index (χ2n) is 6.43. The molecule has 1 amide bonds. The van der Waals surface area contributed by atoms with Crippen molar-refractivity contribution < 1.29 is 14.7 Å². The minimum atomic E-state index is -0.799. The SMILES string of the molecule is O=C(O)C1C2C=CC(C2)C1C(=O)N1CCCCCCC1. The fourth-order valence-electron chi connectivity index (χ4n) is 4.17. The lowest BCUT2D eigenvalue weighted by atomic mass is 9.82. The third kappa shape index (κ3) is 2.36. The van der Waals surface area contributed by atoms with Gasteiger partial charge in [-0.25, -0.2) is 0 Å². The zero-order valence-corrected chi connectivity index (χ0v) is 11.8. The van der Waals surface area contributed by atoms with Crippen LogP contribution in [-0.4, -0.2) is 35.0 Å². The molecule has 2 bridgehead atoms. The van der Waals surface area contributed by atoms with Gasteiger partial charge >= 0.3 is 5.97 Å². The predicted octanol–water partition coefficient (Wildman–Crippen LogP) is 2.30. The van der Waals surface area contributed by atoms with E-state index < -0.39 is 11.9 Å². The van der Waals surface area contributed by atoms with Crippen molar-refractivity contribution in [2.75, 3.05) is 13.1 Å². The number of carbonyl (C=O) groups is 2. The molecular formula is C16H23NO3. The van der Waals surface area contributed by atoms with Gasteiger partial charge in [-0.3, -0.25) is 9.59 Å². The number of carbonyl (C=O) groups excluding carboxylic acids is 1. The van der Waals surface area contributed by atoms with Crippen molar-refractivity contribution in [1.82, 2.24) is 4.90 Å². The summed E-state index contributed by atoms with van der Waals surface area (Å²) in [6.45, 7) is 1.62. The third-order valence-electron chi connectivity index (χ3n) is 5.20. The molecule has 1 heterocycles. The number of allylic oxidation sites excluding steroid dienone is 2. The van der Waals surface area contributed by atoms with Crippen LogP contribution in [0, 0.1) is 23.7 Å². The molecule has 0 aromatic carbocycles. The molecule has 1 saturated carbocycles. The summed E-state index contributed by atoms with van der Waals surface area (Å²) in [5, 5.41) is 9.45. The summed E-state index contributed by atoms with van der Waals surface area (Å²) in [6, 6.07) is 0. The van der Waals surface area contributed by atoms with E-state index in [0.29, 0.717) is 0 Å². The molecule has 4 atom stereocenters. The van der Waals surface area contributed by atoms with Crippen molar-refractivity contribution in [2.45, 2.75) is 38.5 Å². The van der Waals surface area contributed by atoms with Crippen LogP contribution in [0.25, 0.3) is 0 Å². The summed E-state index contributed by atoms with van der Waals surface area (Å²) in [7, 11) is 0. The molecule has 1 saturated heterocycles. The highest BCUT2D eigenvalue weighted by atomic mass is 16.4. The van der Waals surface area contributed by atoms with Crippen LogP contribution in [0.5, 0.6) is 0 Å². The highest BCUT2D eigenvalue weighted by Crippen LogP contribution is 2.48. The Morgan fingerprint density at radius 3 is 2.05 bits per heavy atom. The van der Waals surface area contributed by atoms with Gasteiger partial charge < -0.3 is 10.0 Å². The van der Waals surface area contributed by atoms with Crippen LogP contribution in [0.4, 0.5) is 0 Å². The third-order valence-corrected chi connectivity index (χ3v) is 5.20. The molecular weight excluding hydrogens is 254 g/mol. The Morgan fingerprint density at radius 2 is 1.45 bits per heavy atom. The number of nitrogens with zero attached hydrogens (tertiary/aromatic N) is 1. The van der Waals surface area contributed by atoms with Crippen molar-refractivity contribution >= 4 is 11.9 Å². The Kier molecular flexibility index (Phi) is 3.81. The van der Waals surface area contributed by atoms with E-state index in [2.05, 4.69) is 6.08 Å². The topological polar surface area (TPSA) is 57.6 Å². The summed E-state index contributed by atoms with van der Waals surface area (Å²) in [5.74, 6) is -1.30. The quantitative estimate of drug-likeness (QED) is 0.788. The average Bonchev–Trinajstić information content (AvgIpc) is 2.97. The molecule has 1 N–H and O–H groups in total. The number of amides is 1. The largest absolute Gasteiger partial charge is 0.481 e. The number of fused-ring (bicyclic) bond motifs is 2. The zero-order chi connectivity index (χ0) is 14.1. The van der Waals surface area contributed by atoms with Gasteiger partial charge in [0.05, 0.1) is 11.8 Å². The van der Waals surface area contributed by atoms with E-state index in [4.69, 9.17) is 0 Å². The van der Waals surface area contributed by atoms with E-state index in [1.165, 1.54) is 19.3 Å². The van der Waals surface area contributed by atoms with E-state index in [0.717, 1.165) is 32.4 Å². The molecule has 4 unspecified atom stereocenters. The molecule has 0 aromatic heterocycles. The first-order valence-corrected chi connectivity index (χ1v) is 7.88. The molecule has 110 valence electrons. The van der Waals surface area contributed by atoms with Crippen LogP contribution in [0.15, 0.2) is 12.2 Å². The monoisotopic (exact) mass is 277 g/mol. The van der Waals surface area contributed by atoms with Gasteiger partial charge in [0.1, 0.15) is 0 Å². The summed E-state index contributed by atoms with van der Waals surface area (Å²) in [6.07, 6.45) is 10.7. The fourth-order valence-corrected chi connectivity index (χ4v) is 4.17. The molecule has 3 aliphatic rings. The molecule has 0 radical (unpaired) electrons. The van der Waals surface area contributed by atoms with Crippen molar-refractivity contribution in [2.24, 2.45) is 23.7 Å². The average molecular weight is 277 g/mol. The van der Waals surface area contributed by atoms with Gasteiger partial charge in [-0.05, 0) is 31.1 Å². The Bertz CT molecular complexity index is 423. The minimum absolute atomic E-state index is 0.0706. The van der Waals surface area contributed by atoms with Crippen LogP contribution >= 0.6 is 0 Å². The maximum Gasteiger partial charge on any atom is 0.307 e. The number of carboxylic acid groups (broad SMARTS) is 1. The van der Waals surface area contributed by atoms with Gasteiger partial charge in [-0.1, -0.05) is 31.4 Å². The highest BCUT2D eigenvalue weighted by molar-refractivity contribution is 5.87. The lowest BCUT2D eigenvalue weighted by Gasteiger charge is -2.32. The number of aliphatic carboxylic acids is 1. The summed E-state index contributed by atoms with van der Waals surface area (Å²) in [5.41, 5.74) is 0. The summed E-state index contributed by atoms with van der Waals surface area (Å²) >= 11 is 0. The number of hydrogen-bond acceptors (Lipinski definition) is 2. The van der Waals surface area contributed by atoms with Crippen molar-refractivity contribution in [3.05, 3.63) is 12.2 Å². The Morgan fingerprint density at radius 1 is 0.900 bits per heavy atom. The highest BCUT2D eigenvalue weighted by Gasteiger charge is 2.52. The van der Waals surface area contributed by atoms with Crippen LogP contribution < -0.4 is 0 Å². The summed E-state index contributed by atoms with van der Waals surface area (Å²) in [4.78, 5) is 26.2. The molecule has 0 spiro atoms. The zero-order valence-electron chi connectivity index (χ0n) is 11.8. The molecule has 1 aliphatic heterocycles. The lowest BCUT2D eigenvalue weighted by molar-refractivity contribution is -0.151. The fraction of sp³-hybridized carbons (Fsp3) is 0.750. The van der Waals surface area contributed by atoms with E-state index >= 15 is 0 Å². The second kappa shape index (κ2) is 5.58. The lowest BCUT2D eigenvalue weighted by Crippen LogP contribution is -2.44. The molecule has 4 nitrogen and oxygen atoms in total. The van der Waals surface area contributed by atoms with E-state index in [1.54, 1.807) is 0 Å². The molecule has 2 fully saturated rings. The number of carboxylic acids is 1. The Balaban J connectivity index is 1.75. The normalized spacial score (nSPS) is 36.7. The van der Waals surface area contributed by atoms with Crippen LogP contribution in [0.3, 0.4) is 0 Å². The van der Waals surface area contributed by atoms with Crippen molar-refractivity contribution in [3.8, 4) is 0 Å². The van der Waals surface area contributed by atoms with Gasteiger partial charge in [-0.2, -0.15) is 0 Å². The molecule has 20 heavy (non-hydrogen) atoms. The van der Waals surface area contributed by atoms with Gasteiger partial charge in [0.2, 0.25) is 5.91 Å². The number of hydrogen-bond donors (Lipinski definition) is 1. The van der Waals surface area contributed by atoms with E-state index in [1.807, 2.05) is 11.0 Å². The summed E-state index contributed by atoms with van der Waals surface area (Å²) < 4.78 is 0. The van der Waals surface area contributed by atoms with Crippen LogP contribution in [-0.2, 0) is 9.59 Å². The predicted molar refractivity (Wildman–Crippen MR) is 75.0 cm³/mol. The maximum absolute atomic E-state index is 12.8. The molecule has 4 heteroatoms. The molecule has 0 aromatic rings. The van der Waals surface area contributed by atoms with Gasteiger partial charge in [0, 0.05) is 13.1 Å². The maximum atomic E-state index is 12.8. The van der Waals surface area contributed by atoms with Crippen LogP contribution in [0.2, 0.25) is 0 Å². The first kappa shape index (κ1) is 13.7. The Hall–Kier alpha value is -1.32. The standard InChI is InChI=1S/C16H23NO3/c18-15(17-8-4-2-1-3-5-9-17)13-11-6-7-12(10-11)14(13)16(19)20/h6-7,11-14H,1-5,8-10H2,(H,19,20). The van der Waals surface area contributed by atoms with Gasteiger partial charge in [-0.15, -0.1) is 0 Å². The van der Waals surface area contributed by atoms with Crippen LogP contribution in [0.1, 0.15) is 38.5 Å². The first-order valence-electron chi connectivity index (χ1n) is 7.88. The van der Waals surface area contributed by atoms with Gasteiger partial charge in [0.15, 0.2) is 0 Å². The number of likely N-dealkylation sites (tertiary alicyclic amines) is 1. The smallest absolute Gasteiger partial charge is 0.307 e. The van der Waals surface area contributed by atoms with E-state index in [-0.39, 0.29) is 23.7 Å². The van der Waals surface area contributed by atoms with E-state index in [9.17, 15) is 14.7 Å².